The van der Waals surface area contributed by atoms with Crippen LogP contribution in [0.5, 0.6) is 5.75 Å². The Morgan fingerprint density at radius 3 is 2.86 bits per heavy atom. The van der Waals surface area contributed by atoms with Gasteiger partial charge in [0.25, 0.3) is 0 Å². The molecule has 22 heavy (non-hydrogen) atoms. The van der Waals surface area contributed by atoms with E-state index in [0.717, 1.165) is 24.2 Å². The molecule has 0 unspecified atom stereocenters. The fourth-order valence-corrected chi connectivity index (χ4v) is 2.40. The molecule has 2 N–H and O–H groups in total. The van der Waals surface area contributed by atoms with Gasteiger partial charge in [0.2, 0.25) is 5.91 Å². The normalized spacial score (nSPS) is 12.0. The van der Waals surface area contributed by atoms with Crippen LogP contribution in [0.15, 0.2) is 18.2 Å². The van der Waals surface area contributed by atoms with Crippen molar-refractivity contribution >= 4 is 17.5 Å². The quantitative estimate of drug-likeness (QED) is 0.648. The summed E-state index contributed by atoms with van der Waals surface area (Å²) in [6.45, 7) is 5.31. The van der Waals surface area contributed by atoms with Gasteiger partial charge in [0.1, 0.15) is 5.75 Å². The molecule has 1 aromatic rings. The van der Waals surface area contributed by atoms with Crippen molar-refractivity contribution in [2.24, 2.45) is 5.92 Å². The molecule has 0 heterocycles. The maximum Gasteiger partial charge on any atom is 0.220 e. The van der Waals surface area contributed by atoms with E-state index in [1.165, 1.54) is 0 Å². The number of nitrogens with one attached hydrogen (secondary N) is 1. The minimum absolute atomic E-state index is 0.0350. The number of hydrogen-bond donors (Lipinski definition) is 2. The lowest BCUT2D eigenvalue weighted by molar-refractivity contribution is -0.121. The van der Waals surface area contributed by atoms with E-state index in [-0.39, 0.29) is 12.5 Å². The molecule has 0 bridgehead atoms. The summed E-state index contributed by atoms with van der Waals surface area (Å²) >= 11 is 5.89. The largest absolute Gasteiger partial charge is 0.493 e. The molecule has 0 spiro atoms. The number of carbonyl (C=O) groups is 1. The van der Waals surface area contributed by atoms with Crippen LogP contribution in [0.2, 0.25) is 5.02 Å². The first-order valence-electron chi connectivity index (χ1n) is 7.83. The number of amides is 1. The maximum absolute atomic E-state index is 11.7. The summed E-state index contributed by atoms with van der Waals surface area (Å²) in [7, 11) is 0. The first-order chi connectivity index (χ1) is 10.6. The molecule has 0 radical (unpaired) electrons. The lowest BCUT2D eigenvalue weighted by Crippen LogP contribution is -2.29. The third-order valence-electron chi connectivity index (χ3n) is 3.65. The van der Waals surface area contributed by atoms with Crippen LogP contribution in [0.3, 0.4) is 0 Å². The van der Waals surface area contributed by atoms with Gasteiger partial charge in [-0.3, -0.25) is 4.79 Å². The van der Waals surface area contributed by atoms with Crippen molar-refractivity contribution in [1.82, 2.24) is 5.32 Å². The second-order valence-electron chi connectivity index (χ2n) is 5.45. The van der Waals surface area contributed by atoms with Crippen molar-refractivity contribution in [3.8, 4) is 5.75 Å². The van der Waals surface area contributed by atoms with E-state index >= 15 is 0 Å². The zero-order chi connectivity index (χ0) is 16.4. The Labute approximate surface area is 137 Å². The monoisotopic (exact) mass is 327 g/mol. The number of hydrogen-bond acceptors (Lipinski definition) is 3. The van der Waals surface area contributed by atoms with Crippen LogP contribution >= 0.6 is 11.6 Å². The van der Waals surface area contributed by atoms with Crippen LogP contribution in [0.1, 0.15) is 38.2 Å². The Hall–Kier alpha value is -1.26. The van der Waals surface area contributed by atoms with Gasteiger partial charge in [-0.2, -0.15) is 0 Å². The number of halogens is 1. The lowest BCUT2D eigenvalue weighted by atomic mass is 10.0. The Morgan fingerprint density at radius 2 is 2.23 bits per heavy atom. The molecule has 0 aromatic heterocycles. The summed E-state index contributed by atoms with van der Waals surface area (Å²) in [6.07, 6.45) is 2.81. The van der Waals surface area contributed by atoms with Gasteiger partial charge in [-0.25, -0.2) is 0 Å². The van der Waals surface area contributed by atoms with Gasteiger partial charge >= 0.3 is 0 Å². The Kier molecular flexibility index (Phi) is 8.94. The van der Waals surface area contributed by atoms with E-state index in [1.54, 1.807) is 6.07 Å². The van der Waals surface area contributed by atoms with Gasteiger partial charge in [0.05, 0.1) is 6.61 Å². The topological polar surface area (TPSA) is 58.6 Å². The first kappa shape index (κ1) is 18.8. The minimum atomic E-state index is 0.0350. The summed E-state index contributed by atoms with van der Waals surface area (Å²) in [5.74, 6) is 1.19. The summed E-state index contributed by atoms with van der Waals surface area (Å²) < 4.78 is 5.66. The highest BCUT2D eigenvalue weighted by Crippen LogP contribution is 2.21. The Morgan fingerprint density at radius 1 is 1.45 bits per heavy atom. The number of benzene rings is 1. The molecule has 0 fully saturated rings. The second kappa shape index (κ2) is 10.5. The lowest BCUT2D eigenvalue weighted by Gasteiger charge is -2.14. The summed E-state index contributed by atoms with van der Waals surface area (Å²) in [5, 5.41) is 12.5. The SMILES string of the molecule is CC[C@@H](CCO)CNC(=O)CCCOc1ccc(Cl)cc1C. The van der Waals surface area contributed by atoms with E-state index in [0.29, 0.717) is 36.9 Å². The van der Waals surface area contributed by atoms with E-state index in [9.17, 15) is 4.79 Å². The van der Waals surface area contributed by atoms with Gasteiger partial charge < -0.3 is 15.2 Å². The number of aliphatic hydroxyl groups is 1. The molecule has 5 heteroatoms. The van der Waals surface area contributed by atoms with Gasteiger partial charge in [-0.15, -0.1) is 0 Å². The van der Waals surface area contributed by atoms with Crippen molar-refractivity contribution in [2.75, 3.05) is 19.8 Å². The summed E-state index contributed by atoms with van der Waals surface area (Å²) in [5.41, 5.74) is 0.992. The molecule has 124 valence electrons. The van der Waals surface area contributed by atoms with E-state index in [1.807, 2.05) is 19.1 Å². The van der Waals surface area contributed by atoms with Crippen molar-refractivity contribution in [3.63, 3.8) is 0 Å². The molecule has 0 aliphatic heterocycles. The number of ether oxygens (including phenoxy) is 1. The number of rotatable bonds is 10. The van der Waals surface area contributed by atoms with Crippen LogP contribution in [0.25, 0.3) is 0 Å². The molecular formula is C17H26ClNO3. The molecule has 0 aliphatic rings. The van der Waals surface area contributed by atoms with Crippen LogP contribution in [-0.4, -0.2) is 30.8 Å². The molecule has 0 saturated carbocycles. The van der Waals surface area contributed by atoms with Crippen molar-refractivity contribution in [1.29, 1.82) is 0 Å². The van der Waals surface area contributed by atoms with E-state index in [4.69, 9.17) is 21.4 Å². The second-order valence-corrected chi connectivity index (χ2v) is 5.89. The number of aliphatic hydroxyl groups excluding tert-OH is 1. The third-order valence-corrected chi connectivity index (χ3v) is 3.88. The Balaban J connectivity index is 2.19. The molecule has 1 amide bonds. The summed E-state index contributed by atoms with van der Waals surface area (Å²) in [6, 6.07) is 5.50. The maximum atomic E-state index is 11.7. The number of aryl methyl sites for hydroxylation is 1. The number of carbonyl (C=O) groups excluding carboxylic acids is 1. The Bertz CT molecular complexity index is 465. The molecule has 1 rings (SSSR count). The smallest absolute Gasteiger partial charge is 0.220 e. The summed E-state index contributed by atoms with van der Waals surface area (Å²) in [4.78, 5) is 11.7. The fraction of sp³-hybridized carbons (Fsp3) is 0.588. The van der Waals surface area contributed by atoms with Crippen molar-refractivity contribution < 1.29 is 14.6 Å². The predicted molar refractivity (Wildman–Crippen MR) is 89.4 cm³/mol. The standard InChI is InChI=1S/C17H26ClNO3/c1-3-14(8-9-20)12-19-17(21)5-4-10-22-16-7-6-15(18)11-13(16)2/h6-7,11,14,20H,3-5,8-10,12H2,1-2H3,(H,19,21)/t14-/m0/s1. The van der Waals surface area contributed by atoms with Gasteiger partial charge in [0, 0.05) is 24.6 Å². The molecule has 0 saturated heterocycles. The highest BCUT2D eigenvalue weighted by molar-refractivity contribution is 6.30. The van der Waals surface area contributed by atoms with Crippen LogP contribution in [-0.2, 0) is 4.79 Å². The zero-order valence-corrected chi connectivity index (χ0v) is 14.2. The molecular weight excluding hydrogens is 302 g/mol. The average Bonchev–Trinajstić information content (AvgIpc) is 2.49. The minimum Gasteiger partial charge on any atom is -0.493 e. The van der Waals surface area contributed by atoms with Crippen LogP contribution in [0.4, 0.5) is 0 Å². The van der Waals surface area contributed by atoms with Crippen molar-refractivity contribution in [2.45, 2.75) is 39.5 Å². The fourth-order valence-electron chi connectivity index (χ4n) is 2.17. The first-order valence-corrected chi connectivity index (χ1v) is 8.21. The average molecular weight is 328 g/mol. The van der Waals surface area contributed by atoms with Gasteiger partial charge in [-0.1, -0.05) is 24.9 Å². The van der Waals surface area contributed by atoms with Crippen LogP contribution in [0, 0.1) is 12.8 Å². The van der Waals surface area contributed by atoms with Gasteiger partial charge in [0.15, 0.2) is 0 Å². The zero-order valence-electron chi connectivity index (χ0n) is 13.4. The van der Waals surface area contributed by atoms with Crippen molar-refractivity contribution in [3.05, 3.63) is 28.8 Å². The third kappa shape index (κ3) is 7.14. The van der Waals surface area contributed by atoms with E-state index < -0.39 is 0 Å². The molecule has 4 nitrogen and oxygen atoms in total. The highest BCUT2D eigenvalue weighted by Gasteiger charge is 2.08. The van der Waals surface area contributed by atoms with E-state index in [2.05, 4.69) is 12.2 Å². The molecule has 0 aliphatic carbocycles. The predicted octanol–water partition coefficient (Wildman–Crippen LogP) is 3.33. The highest BCUT2D eigenvalue weighted by atomic mass is 35.5. The molecule has 1 aromatic carbocycles. The van der Waals surface area contributed by atoms with Crippen LogP contribution < -0.4 is 10.1 Å². The molecule has 1 atom stereocenters. The van der Waals surface area contributed by atoms with Gasteiger partial charge in [-0.05, 0) is 49.4 Å².